The van der Waals surface area contributed by atoms with Gasteiger partial charge in [0, 0.05) is 56.7 Å². The average Bonchev–Trinajstić information content (AvgIpc) is 2.51. The number of likely N-dealkylation sites (tertiary alicyclic amines) is 1. The summed E-state index contributed by atoms with van der Waals surface area (Å²) in [5.74, 6) is 0.0212. The molecule has 3 aliphatic rings. The second-order valence-corrected chi connectivity index (χ2v) is 7.08. The average molecular weight is 330 g/mol. The maximum atomic E-state index is 12.9. The Kier molecular flexibility index (Phi) is 3.68. The van der Waals surface area contributed by atoms with Crippen LogP contribution in [0.15, 0.2) is 23.0 Å². The van der Waals surface area contributed by atoms with E-state index in [1.54, 1.807) is 17.6 Å². The highest BCUT2D eigenvalue weighted by atomic mass is 16.2. The maximum Gasteiger partial charge on any atom is 0.251 e. The molecule has 0 radical (unpaired) electrons. The van der Waals surface area contributed by atoms with Crippen LogP contribution in [0, 0.1) is 5.92 Å². The van der Waals surface area contributed by atoms with Crippen molar-refractivity contribution in [2.75, 3.05) is 26.2 Å². The van der Waals surface area contributed by atoms with Gasteiger partial charge in [0.1, 0.15) is 6.04 Å². The zero-order chi connectivity index (χ0) is 16.8. The van der Waals surface area contributed by atoms with E-state index in [1.807, 2.05) is 11.0 Å². The summed E-state index contributed by atoms with van der Waals surface area (Å²) in [5.41, 5.74) is 0.738. The van der Waals surface area contributed by atoms with Crippen molar-refractivity contribution >= 4 is 11.8 Å². The molecule has 3 aliphatic heterocycles. The second kappa shape index (κ2) is 5.73. The fourth-order valence-corrected chi connectivity index (χ4v) is 4.21. The number of piperidine rings is 1. The Morgan fingerprint density at radius 1 is 1.25 bits per heavy atom. The van der Waals surface area contributed by atoms with Crippen LogP contribution < -0.4 is 16.2 Å². The molecule has 2 amide bonds. The summed E-state index contributed by atoms with van der Waals surface area (Å²) < 4.78 is 1.66. The van der Waals surface area contributed by atoms with Gasteiger partial charge in [-0.2, -0.15) is 0 Å². The van der Waals surface area contributed by atoms with Gasteiger partial charge in [0.2, 0.25) is 11.8 Å². The minimum absolute atomic E-state index is 0.0201. The lowest BCUT2D eigenvalue weighted by Gasteiger charge is -2.46. The van der Waals surface area contributed by atoms with Crippen molar-refractivity contribution in [1.29, 1.82) is 0 Å². The van der Waals surface area contributed by atoms with Crippen LogP contribution in [0.5, 0.6) is 0 Å². The van der Waals surface area contributed by atoms with Gasteiger partial charge >= 0.3 is 0 Å². The highest BCUT2D eigenvalue weighted by Crippen LogP contribution is 2.41. The number of hydrogen-bond acceptors (Lipinski definition) is 4. The Morgan fingerprint density at radius 2 is 2.04 bits per heavy atom. The van der Waals surface area contributed by atoms with Crippen LogP contribution in [0.4, 0.5) is 0 Å². The number of hydrogen-bond donors (Lipinski definition) is 2. The lowest BCUT2D eigenvalue weighted by molar-refractivity contribution is -0.136. The second-order valence-electron chi connectivity index (χ2n) is 7.08. The van der Waals surface area contributed by atoms with Crippen LogP contribution in [0.2, 0.25) is 0 Å². The molecule has 24 heavy (non-hydrogen) atoms. The van der Waals surface area contributed by atoms with Gasteiger partial charge in [-0.25, -0.2) is 0 Å². The van der Waals surface area contributed by atoms with Gasteiger partial charge in [0.25, 0.3) is 5.56 Å². The fourth-order valence-electron chi connectivity index (χ4n) is 4.21. The van der Waals surface area contributed by atoms with E-state index in [9.17, 15) is 14.4 Å². The van der Waals surface area contributed by atoms with Crippen molar-refractivity contribution in [3.8, 4) is 0 Å². The molecule has 4 rings (SSSR count). The Balaban J connectivity index is 1.73. The number of rotatable bonds is 2. The summed E-state index contributed by atoms with van der Waals surface area (Å²) >= 11 is 0. The molecule has 0 spiro atoms. The maximum absolute atomic E-state index is 12.9. The Labute approximate surface area is 140 Å². The van der Waals surface area contributed by atoms with Crippen LogP contribution in [0.1, 0.15) is 31.0 Å². The number of fused-ring (bicyclic) bond motifs is 4. The zero-order valence-electron chi connectivity index (χ0n) is 13.7. The number of amides is 2. The van der Waals surface area contributed by atoms with Gasteiger partial charge < -0.3 is 15.5 Å². The van der Waals surface area contributed by atoms with Crippen molar-refractivity contribution in [3.63, 3.8) is 0 Å². The molecule has 7 heteroatoms. The minimum Gasteiger partial charge on any atom is -0.349 e. The van der Waals surface area contributed by atoms with E-state index in [0.717, 1.165) is 25.2 Å². The van der Waals surface area contributed by atoms with Gasteiger partial charge in [0.15, 0.2) is 0 Å². The third-order valence-electron chi connectivity index (χ3n) is 5.49. The summed E-state index contributed by atoms with van der Waals surface area (Å²) in [6.07, 6.45) is 0.842. The third kappa shape index (κ3) is 2.43. The largest absolute Gasteiger partial charge is 0.349 e. The number of aromatic nitrogens is 1. The predicted molar refractivity (Wildman–Crippen MR) is 87.6 cm³/mol. The molecule has 7 nitrogen and oxygen atoms in total. The fraction of sp³-hybridized carbons (Fsp3) is 0.588. The van der Waals surface area contributed by atoms with Crippen LogP contribution in [0.3, 0.4) is 0 Å². The highest BCUT2D eigenvalue weighted by Gasteiger charge is 2.44. The molecule has 2 bridgehead atoms. The lowest BCUT2D eigenvalue weighted by Crippen LogP contribution is -2.60. The molecular weight excluding hydrogens is 308 g/mol. The summed E-state index contributed by atoms with van der Waals surface area (Å²) in [6, 6.07) is 4.76. The number of carbonyl (C=O) groups is 2. The number of nitrogens with one attached hydrogen (secondary N) is 2. The first kappa shape index (κ1) is 15.4. The Morgan fingerprint density at radius 3 is 2.71 bits per heavy atom. The quantitative estimate of drug-likeness (QED) is 0.762. The van der Waals surface area contributed by atoms with E-state index in [-0.39, 0.29) is 35.3 Å². The van der Waals surface area contributed by atoms with E-state index in [2.05, 4.69) is 10.6 Å². The van der Waals surface area contributed by atoms with Crippen molar-refractivity contribution < 1.29 is 9.59 Å². The predicted octanol–water partition coefficient (Wildman–Crippen LogP) is -0.557. The molecule has 0 saturated carbocycles. The Hall–Kier alpha value is -2.15. The van der Waals surface area contributed by atoms with Crippen LogP contribution in [0.25, 0.3) is 0 Å². The summed E-state index contributed by atoms with van der Waals surface area (Å²) in [4.78, 5) is 39.1. The van der Waals surface area contributed by atoms with Crippen LogP contribution >= 0.6 is 0 Å². The van der Waals surface area contributed by atoms with E-state index in [0.29, 0.717) is 13.1 Å². The molecule has 0 aromatic carbocycles. The number of pyridine rings is 1. The van der Waals surface area contributed by atoms with Crippen molar-refractivity contribution in [1.82, 2.24) is 20.1 Å². The lowest BCUT2D eigenvalue weighted by atomic mass is 9.78. The molecule has 3 atom stereocenters. The van der Waals surface area contributed by atoms with E-state index in [4.69, 9.17) is 0 Å². The zero-order valence-corrected chi connectivity index (χ0v) is 13.7. The Bertz CT molecular complexity index is 740. The van der Waals surface area contributed by atoms with Gasteiger partial charge in [-0.1, -0.05) is 6.07 Å². The molecule has 2 saturated heterocycles. The SMILES string of the molecule is CC(=O)N1C[C@H]2C[C@@H](C1)[C@H](C(=O)NC1CNC1)n1c2cccc1=O. The van der Waals surface area contributed by atoms with Crippen molar-refractivity contribution in [2.24, 2.45) is 5.92 Å². The first-order valence-corrected chi connectivity index (χ1v) is 8.52. The standard InChI is InChI=1S/C17H22N4O3/c1-10(22)20-8-11-5-12(9-20)16(17(24)19-13-6-18-7-13)21-14(11)3-2-4-15(21)23/h2-4,11-13,16,18H,5-9H2,1H3,(H,19,24)/t11-,12+,16-/m1/s1. The molecule has 0 aliphatic carbocycles. The molecule has 4 heterocycles. The molecular formula is C17H22N4O3. The van der Waals surface area contributed by atoms with Crippen LogP contribution in [-0.2, 0) is 9.59 Å². The highest BCUT2D eigenvalue weighted by molar-refractivity contribution is 5.82. The van der Waals surface area contributed by atoms with E-state index in [1.165, 1.54) is 6.07 Å². The van der Waals surface area contributed by atoms with Crippen molar-refractivity contribution in [2.45, 2.75) is 31.3 Å². The van der Waals surface area contributed by atoms with Gasteiger partial charge in [-0.05, 0) is 12.5 Å². The van der Waals surface area contributed by atoms with Gasteiger partial charge in [-0.3, -0.25) is 19.0 Å². The topological polar surface area (TPSA) is 83.4 Å². The third-order valence-corrected chi connectivity index (χ3v) is 5.49. The van der Waals surface area contributed by atoms with Crippen molar-refractivity contribution in [3.05, 3.63) is 34.2 Å². The summed E-state index contributed by atoms with van der Waals surface area (Å²) in [7, 11) is 0. The number of nitrogens with zero attached hydrogens (tertiary/aromatic N) is 2. The van der Waals surface area contributed by atoms with Gasteiger partial charge in [0.05, 0.1) is 6.04 Å². The normalized spacial score (nSPS) is 28.7. The smallest absolute Gasteiger partial charge is 0.251 e. The molecule has 2 N–H and O–H groups in total. The minimum atomic E-state index is -0.535. The first-order valence-electron chi connectivity index (χ1n) is 8.52. The van der Waals surface area contributed by atoms with Gasteiger partial charge in [-0.15, -0.1) is 0 Å². The summed E-state index contributed by atoms with van der Waals surface area (Å²) in [5, 5.41) is 6.17. The first-order chi connectivity index (χ1) is 11.5. The van der Waals surface area contributed by atoms with E-state index < -0.39 is 6.04 Å². The molecule has 128 valence electrons. The monoisotopic (exact) mass is 330 g/mol. The molecule has 1 aromatic heterocycles. The molecule has 1 aromatic rings. The molecule has 2 fully saturated rings. The summed E-state index contributed by atoms with van der Waals surface area (Å²) in [6.45, 7) is 4.25. The number of carbonyl (C=O) groups excluding carboxylic acids is 2. The molecule has 0 unspecified atom stereocenters. The van der Waals surface area contributed by atoms with E-state index >= 15 is 0 Å². The van der Waals surface area contributed by atoms with Crippen LogP contribution in [-0.4, -0.2) is 53.5 Å².